The lowest BCUT2D eigenvalue weighted by molar-refractivity contribution is -0.120. The lowest BCUT2D eigenvalue weighted by atomic mass is 9.92. The lowest BCUT2D eigenvalue weighted by Gasteiger charge is -2.44. The van der Waals surface area contributed by atoms with Crippen LogP contribution in [0.2, 0.25) is 0 Å². The van der Waals surface area contributed by atoms with Gasteiger partial charge in [0.2, 0.25) is 5.91 Å². The number of nitrogens with zero attached hydrogens (tertiary/aromatic N) is 3. The van der Waals surface area contributed by atoms with Crippen LogP contribution in [0.5, 0.6) is 0 Å². The topological polar surface area (TPSA) is 79.5 Å². The number of nitrogens with two attached hydrogens (primary N) is 1. The second kappa shape index (κ2) is 7.08. The summed E-state index contributed by atoms with van der Waals surface area (Å²) in [4.78, 5) is 32.6. The van der Waals surface area contributed by atoms with Gasteiger partial charge in [-0.1, -0.05) is 12.5 Å². The summed E-state index contributed by atoms with van der Waals surface area (Å²) in [6.45, 7) is 1.93. The van der Waals surface area contributed by atoms with Gasteiger partial charge in [0, 0.05) is 24.8 Å². The Morgan fingerprint density at radius 1 is 1.13 bits per heavy atom. The molecule has 0 saturated carbocycles. The van der Waals surface area contributed by atoms with Crippen molar-refractivity contribution in [3.63, 3.8) is 0 Å². The molecule has 0 aromatic carbocycles. The van der Waals surface area contributed by atoms with Gasteiger partial charge in [-0.3, -0.25) is 19.5 Å². The number of fused-ring (bicyclic) bond motifs is 1. The van der Waals surface area contributed by atoms with Gasteiger partial charge < -0.3 is 10.6 Å². The van der Waals surface area contributed by atoms with Gasteiger partial charge in [-0.15, -0.1) is 0 Å². The molecular weight excluding hydrogens is 292 g/mol. The van der Waals surface area contributed by atoms with Gasteiger partial charge in [-0.05, 0) is 44.4 Å². The van der Waals surface area contributed by atoms with Crippen LogP contribution in [-0.2, 0) is 4.79 Å². The first-order valence-corrected chi connectivity index (χ1v) is 8.41. The van der Waals surface area contributed by atoms with E-state index in [9.17, 15) is 9.59 Å². The Morgan fingerprint density at radius 3 is 2.70 bits per heavy atom. The first kappa shape index (κ1) is 15.9. The Hall–Kier alpha value is -1.95. The molecular formula is C17H24N4O2. The molecule has 3 heterocycles. The Balaban J connectivity index is 1.82. The Bertz CT molecular complexity index is 563. The van der Waals surface area contributed by atoms with Crippen LogP contribution in [0, 0.1) is 0 Å². The zero-order chi connectivity index (χ0) is 16.2. The molecule has 2 fully saturated rings. The van der Waals surface area contributed by atoms with Crippen molar-refractivity contribution in [2.45, 2.75) is 44.2 Å². The molecule has 0 aliphatic carbocycles. The highest BCUT2D eigenvalue weighted by atomic mass is 16.2. The summed E-state index contributed by atoms with van der Waals surface area (Å²) in [5, 5.41) is 0. The lowest BCUT2D eigenvalue weighted by Crippen LogP contribution is -2.57. The van der Waals surface area contributed by atoms with Crippen LogP contribution >= 0.6 is 0 Å². The Labute approximate surface area is 136 Å². The van der Waals surface area contributed by atoms with Crippen LogP contribution in [0.15, 0.2) is 24.4 Å². The maximum atomic E-state index is 12.8. The first-order chi connectivity index (χ1) is 11.2. The number of carbonyl (C=O) groups is 2. The Kier molecular flexibility index (Phi) is 4.91. The van der Waals surface area contributed by atoms with Crippen LogP contribution in [0.3, 0.4) is 0 Å². The van der Waals surface area contributed by atoms with Crippen molar-refractivity contribution in [1.82, 2.24) is 14.8 Å². The second-order valence-electron chi connectivity index (χ2n) is 6.42. The van der Waals surface area contributed by atoms with Crippen LogP contribution in [0.1, 0.15) is 42.6 Å². The minimum absolute atomic E-state index is 0.00113. The van der Waals surface area contributed by atoms with Crippen molar-refractivity contribution < 1.29 is 9.59 Å². The summed E-state index contributed by atoms with van der Waals surface area (Å²) < 4.78 is 0. The van der Waals surface area contributed by atoms with Gasteiger partial charge in [0.25, 0.3) is 5.91 Å². The van der Waals surface area contributed by atoms with Gasteiger partial charge in [-0.25, -0.2) is 0 Å². The molecule has 6 nitrogen and oxygen atoms in total. The standard InChI is InChI=1S/C17H24N4O2/c18-16(22)12-20-10-4-2-7-15-14(20)8-5-11-21(15)17(23)13-6-1-3-9-19-13/h1,3,6,9,14-15H,2,4-5,7-8,10-12H2,(H2,18,22)/t14-,15-/m1/s1. The SMILES string of the molecule is NC(=O)CN1CCCC[C@@H]2[C@H]1CCCN2C(=O)c1ccccn1. The van der Waals surface area contributed by atoms with Gasteiger partial charge in [0.05, 0.1) is 6.54 Å². The van der Waals surface area contributed by atoms with E-state index in [2.05, 4.69) is 9.88 Å². The molecule has 2 saturated heterocycles. The molecule has 6 heteroatoms. The first-order valence-electron chi connectivity index (χ1n) is 8.41. The molecule has 2 aliphatic rings. The average Bonchev–Trinajstić information content (AvgIpc) is 2.77. The van der Waals surface area contributed by atoms with Crippen LogP contribution < -0.4 is 5.73 Å². The van der Waals surface area contributed by atoms with E-state index >= 15 is 0 Å². The van der Waals surface area contributed by atoms with Gasteiger partial charge in [0.1, 0.15) is 5.69 Å². The van der Waals surface area contributed by atoms with Gasteiger partial charge in [0.15, 0.2) is 0 Å². The molecule has 2 amide bonds. The number of hydrogen-bond donors (Lipinski definition) is 1. The smallest absolute Gasteiger partial charge is 0.272 e. The van der Waals surface area contributed by atoms with Crippen molar-refractivity contribution in [3.05, 3.63) is 30.1 Å². The van der Waals surface area contributed by atoms with E-state index in [1.807, 2.05) is 17.0 Å². The van der Waals surface area contributed by atoms with Crippen molar-refractivity contribution in [1.29, 1.82) is 0 Å². The number of amides is 2. The fraction of sp³-hybridized carbons (Fsp3) is 0.588. The number of piperidine rings is 1. The summed E-state index contributed by atoms with van der Waals surface area (Å²) in [7, 11) is 0. The highest BCUT2D eigenvalue weighted by Gasteiger charge is 2.39. The third kappa shape index (κ3) is 3.52. The molecule has 3 rings (SSSR count). The molecule has 2 N–H and O–H groups in total. The van der Waals surface area contributed by atoms with Crippen molar-refractivity contribution >= 4 is 11.8 Å². The van der Waals surface area contributed by atoms with Crippen LogP contribution in [-0.4, -0.2) is 58.3 Å². The second-order valence-corrected chi connectivity index (χ2v) is 6.42. The summed E-state index contributed by atoms with van der Waals surface area (Å²) in [6, 6.07) is 5.81. The fourth-order valence-electron chi connectivity index (χ4n) is 3.93. The third-order valence-corrected chi connectivity index (χ3v) is 4.91. The normalized spacial score (nSPS) is 25.5. The predicted molar refractivity (Wildman–Crippen MR) is 86.7 cm³/mol. The maximum Gasteiger partial charge on any atom is 0.272 e. The Morgan fingerprint density at radius 2 is 1.96 bits per heavy atom. The molecule has 1 aromatic heterocycles. The van der Waals surface area contributed by atoms with E-state index < -0.39 is 0 Å². The van der Waals surface area contributed by atoms with Crippen LogP contribution in [0.25, 0.3) is 0 Å². The van der Waals surface area contributed by atoms with E-state index in [0.29, 0.717) is 5.69 Å². The van der Waals surface area contributed by atoms with Crippen LogP contribution in [0.4, 0.5) is 0 Å². The van der Waals surface area contributed by atoms with Gasteiger partial charge >= 0.3 is 0 Å². The highest BCUT2D eigenvalue weighted by Crippen LogP contribution is 2.30. The van der Waals surface area contributed by atoms with E-state index in [1.54, 1.807) is 12.3 Å². The van der Waals surface area contributed by atoms with E-state index in [-0.39, 0.29) is 30.4 Å². The monoisotopic (exact) mass is 316 g/mol. The molecule has 23 heavy (non-hydrogen) atoms. The van der Waals surface area contributed by atoms with Crippen molar-refractivity contribution in [2.24, 2.45) is 5.73 Å². The number of pyridine rings is 1. The quantitative estimate of drug-likeness (QED) is 0.903. The summed E-state index contributed by atoms with van der Waals surface area (Å²) in [6.07, 6.45) is 6.73. The zero-order valence-electron chi connectivity index (χ0n) is 13.4. The number of primary amides is 1. The average molecular weight is 316 g/mol. The summed E-state index contributed by atoms with van der Waals surface area (Å²) in [5.41, 5.74) is 5.91. The molecule has 124 valence electrons. The molecule has 2 aliphatic heterocycles. The number of rotatable bonds is 3. The molecule has 2 atom stereocenters. The van der Waals surface area contributed by atoms with E-state index in [0.717, 1.165) is 45.2 Å². The largest absolute Gasteiger partial charge is 0.369 e. The molecule has 0 bridgehead atoms. The summed E-state index contributed by atoms with van der Waals surface area (Å²) >= 11 is 0. The van der Waals surface area contributed by atoms with E-state index in [4.69, 9.17) is 5.73 Å². The number of aromatic nitrogens is 1. The fourth-order valence-corrected chi connectivity index (χ4v) is 3.93. The number of carbonyl (C=O) groups excluding carboxylic acids is 2. The third-order valence-electron chi connectivity index (χ3n) is 4.91. The predicted octanol–water partition coefficient (Wildman–Crippen LogP) is 1.03. The molecule has 0 unspecified atom stereocenters. The van der Waals surface area contributed by atoms with Crippen molar-refractivity contribution in [3.8, 4) is 0 Å². The maximum absolute atomic E-state index is 12.8. The minimum Gasteiger partial charge on any atom is -0.369 e. The number of hydrogen-bond acceptors (Lipinski definition) is 4. The number of likely N-dealkylation sites (tertiary alicyclic amines) is 2. The highest BCUT2D eigenvalue weighted by molar-refractivity contribution is 5.92. The van der Waals surface area contributed by atoms with Gasteiger partial charge in [-0.2, -0.15) is 0 Å². The molecule has 1 aromatic rings. The van der Waals surface area contributed by atoms with E-state index in [1.165, 1.54) is 0 Å². The minimum atomic E-state index is -0.293. The molecule has 0 radical (unpaired) electrons. The summed E-state index contributed by atoms with van der Waals surface area (Å²) in [5.74, 6) is -0.292. The van der Waals surface area contributed by atoms with Crippen molar-refractivity contribution in [2.75, 3.05) is 19.6 Å². The molecule has 0 spiro atoms. The zero-order valence-corrected chi connectivity index (χ0v) is 13.4.